The molecule has 0 spiro atoms. The molecule has 28 heavy (non-hydrogen) atoms. The number of aliphatic hydroxyl groups is 10. The van der Waals surface area contributed by atoms with Crippen LogP contribution in [0.2, 0.25) is 0 Å². The SMILES string of the molecule is O=C(O)C(O)C(O)C(O)C(O)CO.O=C(O)C(O)C(O)C(O)C(O)CO.[Ca+2].[H-].[H-].[H-].[Na+]. The molecule has 0 fully saturated rings. The third kappa shape index (κ3) is 13.2. The number of carbonyl (C=O) groups is 2. The van der Waals surface area contributed by atoms with Crippen LogP contribution >= 0.6 is 0 Å². The van der Waals surface area contributed by atoms with Crippen LogP contribution in [0.25, 0.3) is 0 Å². The zero-order valence-electron chi connectivity index (χ0n) is 17.9. The Balaban J connectivity index is -0.0000000640. The van der Waals surface area contributed by atoms with Crippen LogP contribution in [0.15, 0.2) is 0 Å². The fourth-order valence-electron chi connectivity index (χ4n) is 1.34. The van der Waals surface area contributed by atoms with E-state index in [1.165, 1.54) is 0 Å². The zero-order valence-corrected chi connectivity index (χ0v) is 19.1. The summed E-state index contributed by atoms with van der Waals surface area (Å²) < 4.78 is 0. The molecule has 0 radical (unpaired) electrons. The number of aliphatic hydroxyl groups excluding tert-OH is 10. The fraction of sp³-hybridized carbons (Fsp3) is 0.833. The van der Waals surface area contributed by atoms with Crippen molar-refractivity contribution in [2.75, 3.05) is 13.2 Å². The van der Waals surface area contributed by atoms with Gasteiger partial charge in [0.05, 0.1) is 13.2 Å². The van der Waals surface area contributed by atoms with E-state index >= 15 is 0 Å². The molecule has 0 aliphatic rings. The van der Waals surface area contributed by atoms with Crippen LogP contribution in [0.5, 0.6) is 0 Å². The number of aliphatic carboxylic acids is 2. The molecule has 0 bridgehead atoms. The van der Waals surface area contributed by atoms with Gasteiger partial charge < -0.3 is 65.6 Å². The Bertz CT molecular complexity index is 405. The molecule has 0 saturated heterocycles. The van der Waals surface area contributed by atoms with E-state index in [2.05, 4.69) is 0 Å². The topological polar surface area (TPSA) is 277 Å². The molecule has 8 unspecified atom stereocenters. The van der Waals surface area contributed by atoms with E-state index in [1.807, 2.05) is 0 Å². The average Bonchev–Trinajstić information content (AvgIpc) is 2.62. The minimum atomic E-state index is -2.20. The van der Waals surface area contributed by atoms with E-state index in [0.29, 0.717) is 0 Å². The van der Waals surface area contributed by atoms with Gasteiger partial charge in [-0.1, -0.05) is 0 Å². The average molecular weight is 458 g/mol. The van der Waals surface area contributed by atoms with Gasteiger partial charge in [-0.2, -0.15) is 0 Å². The molecule has 0 heterocycles. The molecule has 16 heteroatoms. The van der Waals surface area contributed by atoms with E-state index in [4.69, 9.17) is 61.3 Å². The van der Waals surface area contributed by atoms with Crippen LogP contribution in [0, 0.1) is 0 Å². The zero-order chi connectivity index (χ0) is 21.2. The smallest absolute Gasteiger partial charge is 1.00 e. The number of hydrogen-bond acceptors (Lipinski definition) is 12. The van der Waals surface area contributed by atoms with Crippen LogP contribution in [-0.4, -0.2) is 173 Å². The summed E-state index contributed by atoms with van der Waals surface area (Å²) >= 11 is 0. The molecule has 14 nitrogen and oxygen atoms in total. The van der Waals surface area contributed by atoms with Crippen LogP contribution in [0.1, 0.15) is 4.28 Å². The normalized spacial score (nSPS) is 18.9. The van der Waals surface area contributed by atoms with Gasteiger partial charge in [-0.25, -0.2) is 9.59 Å². The van der Waals surface area contributed by atoms with Crippen molar-refractivity contribution in [1.82, 2.24) is 0 Å². The molecular weight excluding hydrogens is 431 g/mol. The van der Waals surface area contributed by atoms with Crippen molar-refractivity contribution >= 4 is 49.7 Å². The van der Waals surface area contributed by atoms with Crippen molar-refractivity contribution < 1.29 is 105 Å². The van der Waals surface area contributed by atoms with Crippen molar-refractivity contribution in [1.29, 1.82) is 0 Å². The van der Waals surface area contributed by atoms with Crippen molar-refractivity contribution in [3.63, 3.8) is 0 Å². The van der Waals surface area contributed by atoms with Gasteiger partial charge in [0.1, 0.15) is 36.6 Å². The van der Waals surface area contributed by atoms with E-state index in [1.54, 1.807) is 0 Å². The molecule has 8 atom stereocenters. The fourth-order valence-corrected chi connectivity index (χ4v) is 1.34. The van der Waals surface area contributed by atoms with Gasteiger partial charge in [-0.3, -0.25) is 0 Å². The maximum atomic E-state index is 10.1. The Morgan fingerprint density at radius 2 is 0.821 bits per heavy atom. The van der Waals surface area contributed by atoms with Crippen molar-refractivity contribution in [3.05, 3.63) is 0 Å². The monoisotopic (exact) mass is 458 g/mol. The summed E-state index contributed by atoms with van der Waals surface area (Å²) in [4.78, 5) is 20.2. The second-order valence-electron chi connectivity index (χ2n) is 5.03. The van der Waals surface area contributed by atoms with Crippen LogP contribution in [0.4, 0.5) is 0 Å². The standard InChI is InChI=1S/2C6H12O7.Ca.Na.3H/c2*7-1-2(8)3(9)4(10)5(11)6(12)13;;;;;/h2*2-5,7-11H,1H2,(H,12,13);;;;;/q;;+2;+1;3*-1. The second kappa shape index (κ2) is 18.6. The molecule has 0 amide bonds. The van der Waals surface area contributed by atoms with Crippen molar-refractivity contribution in [2.24, 2.45) is 0 Å². The summed E-state index contributed by atoms with van der Waals surface area (Å²) in [5.41, 5.74) is 0. The van der Waals surface area contributed by atoms with Gasteiger partial charge >= 0.3 is 79.2 Å². The van der Waals surface area contributed by atoms with Gasteiger partial charge in [0.15, 0.2) is 12.2 Å². The first-order valence-corrected chi connectivity index (χ1v) is 6.95. The maximum Gasteiger partial charge on any atom is 2.00 e. The third-order valence-electron chi connectivity index (χ3n) is 3.02. The van der Waals surface area contributed by atoms with Gasteiger partial charge in [-0.05, 0) is 0 Å². The Hall–Kier alpha value is 0.800. The third-order valence-corrected chi connectivity index (χ3v) is 3.02. The first kappa shape index (κ1) is 36.2. The van der Waals surface area contributed by atoms with Crippen LogP contribution < -0.4 is 29.6 Å². The summed E-state index contributed by atoms with van der Waals surface area (Å²) in [5.74, 6) is -3.45. The summed E-state index contributed by atoms with van der Waals surface area (Å²) in [7, 11) is 0. The molecule has 0 aliphatic heterocycles. The predicted octanol–water partition coefficient (Wildman–Crippen LogP) is -10.0. The molecule has 0 aromatic rings. The predicted molar refractivity (Wildman–Crippen MR) is 86.6 cm³/mol. The number of carboxylic acid groups (broad SMARTS) is 2. The molecule has 162 valence electrons. The maximum absolute atomic E-state index is 10.1. The summed E-state index contributed by atoms with van der Waals surface area (Å²) in [6.45, 7) is -1.69. The summed E-state index contributed by atoms with van der Waals surface area (Å²) in [6.07, 6.45) is -15.7. The van der Waals surface area contributed by atoms with Gasteiger partial charge in [0, 0.05) is 0 Å². The Labute approximate surface area is 215 Å². The van der Waals surface area contributed by atoms with E-state index in [-0.39, 0.29) is 71.6 Å². The molecule has 0 saturated carbocycles. The van der Waals surface area contributed by atoms with E-state index in [0.717, 1.165) is 0 Å². The van der Waals surface area contributed by atoms with Gasteiger partial charge in [0.25, 0.3) is 0 Å². The van der Waals surface area contributed by atoms with Crippen molar-refractivity contribution in [2.45, 2.75) is 48.8 Å². The minimum Gasteiger partial charge on any atom is -1.00 e. The largest absolute Gasteiger partial charge is 2.00 e. The minimum absolute atomic E-state index is 0. The number of hydrogen-bond donors (Lipinski definition) is 12. The molecular formula is C12H27CaNaO14. The van der Waals surface area contributed by atoms with Gasteiger partial charge in [-0.15, -0.1) is 0 Å². The summed E-state index contributed by atoms with van der Waals surface area (Å²) in [5, 5.41) is 104. The van der Waals surface area contributed by atoms with Gasteiger partial charge in [0.2, 0.25) is 0 Å². The van der Waals surface area contributed by atoms with E-state index < -0.39 is 74.0 Å². The molecule has 12 N–H and O–H groups in total. The molecule has 0 aliphatic carbocycles. The molecule has 0 rings (SSSR count). The first-order valence-electron chi connectivity index (χ1n) is 6.95. The first-order chi connectivity index (χ1) is 11.8. The Kier molecular flexibility index (Phi) is 24.0. The Morgan fingerprint density at radius 1 is 0.607 bits per heavy atom. The van der Waals surface area contributed by atoms with Crippen LogP contribution in [-0.2, 0) is 9.59 Å². The number of carboxylic acids is 2. The van der Waals surface area contributed by atoms with Crippen molar-refractivity contribution in [3.8, 4) is 0 Å². The second-order valence-corrected chi connectivity index (χ2v) is 5.03. The number of rotatable bonds is 10. The molecule has 0 aromatic heterocycles. The molecule has 0 aromatic carbocycles. The quantitative estimate of drug-likeness (QED) is 0.135. The summed E-state index contributed by atoms with van der Waals surface area (Å²) in [6, 6.07) is 0. The van der Waals surface area contributed by atoms with Crippen LogP contribution in [0.3, 0.4) is 0 Å². The Morgan fingerprint density at radius 3 is 0.964 bits per heavy atom. The van der Waals surface area contributed by atoms with E-state index in [9.17, 15) is 9.59 Å².